The van der Waals surface area contributed by atoms with Gasteiger partial charge in [0.25, 0.3) is 0 Å². The fourth-order valence-corrected chi connectivity index (χ4v) is 2.83. The number of hydrogen-bond acceptors (Lipinski definition) is 4. The highest BCUT2D eigenvalue weighted by molar-refractivity contribution is 8.13. The molecule has 0 atom stereocenters. The summed E-state index contributed by atoms with van der Waals surface area (Å²) in [6, 6.07) is 0. The lowest BCUT2D eigenvalue weighted by Crippen LogP contribution is -2.30. The van der Waals surface area contributed by atoms with Crippen LogP contribution in [0, 0.1) is 5.92 Å². The van der Waals surface area contributed by atoms with Gasteiger partial charge in [-0.15, -0.1) is 0 Å². The first-order valence-electron chi connectivity index (χ1n) is 4.52. The molecule has 5 nitrogen and oxygen atoms in total. The van der Waals surface area contributed by atoms with Gasteiger partial charge in [-0.25, -0.2) is 21.6 Å². The van der Waals surface area contributed by atoms with E-state index in [2.05, 4.69) is 4.72 Å². The van der Waals surface area contributed by atoms with Crippen molar-refractivity contribution in [3.8, 4) is 0 Å². The van der Waals surface area contributed by atoms with Crippen LogP contribution < -0.4 is 4.72 Å². The largest absolute Gasteiger partial charge is 0.233 e. The maximum atomic E-state index is 11.3. The Morgan fingerprint density at radius 1 is 1.13 bits per heavy atom. The third kappa shape index (κ3) is 10.4. The van der Waals surface area contributed by atoms with Gasteiger partial charge in [0.05, 0.1) is 11.5 Å². The van der Waals surface area contributed by atoms with E-state index >= 15 is 0 Å². The summed E-state index contributed by atoms with van der Waals surface area (Å²) >= 11 is 0. The number of sulfonamides is 1. The van der Waals surface area contributed by atoms with Crippen LogP contribution in [0.5, 0.6) is 0 Å². The summed E-state index contributed by atoms with van der Waals surface area (Å²) in [5.41, 5.74) is 0. The highest BCUT2D eigenvalue weighted by Crippen LogP contribution is 2.02. The zero-order valence-electron chi connectivity index (χ0n) is 8.73. The van der Waals surface area contributed by atoms with E-state index in [4.69, 9.17) is 10.7 Å². The zero-order chi connectivity index (χ0) is 12.1. The molecule has 1 N–H and O–H groups in total. The molecule has 8 heteroatoms. The molecule has 0 aliphatic carbocycles. The Morgan fingerprint density at radius 3 is 2.07 bits per heavy atom. The van der Waals surface area contributed by atoms with Crippen molar-refractivity contribution in [1.29, 1.82) is 0 Å². The Morgan fingerprint density at radius 2 is 1.67 bits per heavy atom. The van der Waals surface area contributed by atoms with Gasteiger partial charge in [0.15, 0.2) is 0 Å². The van der Waals surface area contributed by atoms with E-state index in [1.54, 1.807) is 0 Å². The standard InChI is InChI=1S/C7H16ClNO4S2/c1-7(2)3-5-15(12,13)9-4-6-14(8,10)11/h7,9H,3-6H2,1-2H3. The maximum Gasteiger partial charge on any atom is 0.233 e. The average Bonchev–Trinajstić information content (AvgIpc) is 1.98. The number of hydrogen-bond donors (Lipinski definition) is 1. The minimum atomic E-state index is -3.63. The highest BCUT2D eigenvalue weighted by atomic mass is 35.7. The molecule has 0 spiro atoms. The summed E-state index contributed by atoms with van der Waals surface area (Å²) < 4.78 is 45.8. The van der Waals surface area contributed by atoms with Gasteiger partial charge < -0.3 is 0 Å². The summed E-state index contributed by atoms with van der Waals surface area (Å²) in [5, 5.41) is 0. The Hall–Kier alpha value is 0.150. The molecule has 0 aliphatic heterocycles. The number of halogens is 1. The second kappa shape index (κ2) is 6.03. The molecule has 0 fully saturated rings. The van der Waals surface area contributed by atoms with E-state index in [1.165, 1.54) is 0 Å². The molecule has 0 saturated carbocycles. The van der Waals surface area contributed by atoms with Crippen LogP contribution >= 0.6 is 10.7 Å². The summed E-state index contributed by atoms with van der Waals surface area (Å²) in [4.78, 5) is 0. The van der Waals surface area contributed by atoms with E-state index in [0.717, 1.165) is 0 Å². The molecule has 0 saturated heterocycles. The molecule has 0 rings (SSSR count). The quantitative estimate of drug-likeness (QED) is 0.688. The Labute approximate surface area is 95.7 Å². The SMILES string of the molecule is CC(C)CCS(=O)(=O)NCCS(=O)(=O)Cl. The Bertz CT molecular complexity index is 374. The van der Waals surface area contributed by atoms with Crippen LogP contribution in [0.2, 0.25) is 0 Å². The molecule has 0 unspecified atom stereocenters. The lowest BCUT2D eigenvalue weighted by atomic mass is 10.2. The first-order valence-corrected chi connectivity index (χ1v) is 8.65. The minimum absolute atomic E-state index is 0.00694. The summed E-state index contributed by atoms with van der Waals surface area (Å²) in [6.45, 7) is 3.66. The molecule has 0 aromatic heterocycles. The van der Waals surface area contributed by atoms with Crippen LogP contribution in [0.4, 0.5) is 0 Å². The van der Waals surface area contributed by atoms with Crippen LogP contribution in [0.25, 0.3) is 0 Å². The van der Waals surface area contributed by atoms with Gasteiger partial charge in [-0.3, -0.25) is 0 Å². The van der Waals surface area contributed by atoms with Gasteiger partial charge in [0, 0.05) is 17.2 Å². The zero-order valence-corrected chi connectivity index (χ0v) is 11.1. The highest BCUT2D eigenvalue weighted by Gasteiger charge is 2.12. The number of nitrogens with one attached hydrogen (secondary N) is 1. The molecule has 0 aromatic carbocycles. The van der Waals surface area contributed by atoms with Crippen molar-refractivity contribution < 1.29 is 16.8 Å². The monoisotopic (exact) mass is 277 g/mol. The molecule has 0 aliphatic rings. The van der Waals surface area contributed by atoms with Gasteiger partial charge in [0.1, 0.15) is 0 Å². The van der Waals surface area contributed by atoms with Gasteiger partial charge in [-0.05, 0) is 12.3 Å². The fraction of sp³-hybridized carbons (Fsp3) is 1.00. The Kier molecular flexibility index (Phi) is 6.09. The van der Waals surface area contributed by atoms with Crippen LogP contribution in [0.3, 0.4) is 0 Å². The molecule has 0 bridgehead atoms. The van der Waals surface area contributed by atoms with Crippen molar-refractivity contribution in [3.05, 3.63) is 0 Å². The van der Waals surface area contributed by atoms with Crippen LogP contribution in [-0.2, 0) is 19.1 Å². The van der Waals surface area contributed by atoms with Gasteiger partial charge >= 0.3 is 0 Å². The van der Waals surface area contributed by atoms with Crippen molar-refractivity contribution in [1.82, 2.24) is 4.72 Å². The molecule has 0 aromatic rings. The predicted octanol–water partition coefficient (Wildman–Crippen LogP) is 0.521. The molecule has 92 valence electrons. The third-order valence-electron chi connectivity index (χ3n) is 1.63. The van der Waals surface area contributed by atoms with Crippen LogP contribution in [0.1, 0.15) is 20.3 Å². The van der Waals surface area contributed by atoms with E-state index in [1.807, 2.05) is 13.8 Å². The number of rotatable bonds is 7. The van der Waals surface area contributed by atoms with E-state index in [0.29, 0.717) is 12.3 Å². The van der Waals surface area contributed by atoms with Gasteiger partial charge in [-0.1, -0.05) is 13.8 Å². The van der Waals surface area contributed by atoms with Crippen LogP contribution in [-0.4, -0.2) is 34.9 Å². The second-order valence-electron chi connectivity index (χ2n) is 3.64. The topological polar surface area (TPSA) is 80.3 Å². The summed E-state index contributed by atoms with van der Waals surface area (Å²) in [5.74, 6) is -0.0963. The lowest BCUT2D eigenvalue weighted by Gasteiger charge is -2.07. The minimum Gasteiger partial charge on any atom is -0.214 e. The Balaban J connectivity index is 3.96. The normalized spacial score (nSPS) is 13.3. The van der Waals surface area contributed by atoms with Crippen molar-refractivity contribution in [3.63, 3.8) is 0 Å². The van der Waals surface area contributed by atoms with Crippen molar-refractivity contribution in [2.75, 3.05) is 18.1 Å². The molecular weight excluding hydrogens is 262 g/mol. The van der Waals surface area contributed by atoms with E-state index in [-0.39, 0.29) is 12.3 Å². The maximum absolute atomic E-state index is 11.3. The van der Waals surface area contributed by atoms with Gasteiger partial charge in [-0.2, -0.15) is 0 Å². The molecular formula is C7H16ClNO4S2. The summed E-state index contributed by atoms with van der Waals surface area (Å²) in [7, 11) is -2.08. The van der Waals surface area contributed by atoms with E-state index in [9.17, 15) is 16.8 Å². The van der Waals surface area contributed by atoms with Crippen molar-refractivity contribution in [2.45, 2.75) is 20.3 Å². The van der Waals surface area contributed by atoms with Gasteiger partial charge in [0.2, 0.25) is 19.1 Å². The third-order valence-corrected chi connectivity index (χ3v) is 4.20. The molecule has 0 radical (unpaired) electrons. The molecule has 15 heavy (non-hydrogen) atoms. The van der Waals surface area contributed by atoms with Crippen molar-refractivity contribution in [2.24, 2.45) is 5.92 Å². The van der Waals surface area contributed by atoms with Crippen molar-refractivity contribution >= 4 is 29.8 Å². The predicted molar refractivity (Wildman–Crippen MR) is 60.9 cm³/mol. The van der Waals surface area contributed by atoms with Crippen LogP contribution in [0.15, 0.2) is 0 Å². The lowest BCUT2D eigenvalue weighted by molar-refractivity contribution is 0.563. The first-order chi connectivity index (χ1) is 6.62. The second-order valence-corrected chi connectivity index (χ2v) is 8.46. The smallest absolute Gasteiger partial charge is 0.214 e. The van der Waals surface area contributed by atoms with E-state index < -0.39 is 24.8 Å². The summed E-state index contributed by atoms with van der Waals surface area (Å²) in [6.07, 6.45) is 0.545. The average molecular weight is 278 g/mol. The fourth-order valence-electron chi connectivity index (χ4n) is 0.782. The first kappa shape index (κ1) is 15.2. The molecule has 0 heterocycles. The molecule has 0 amide bonds.